The Labute approximate surface area is 121 Å². The number of anilines is 1. The molecule has 0 radical (unpaired) electrons. The molecule has 2 atom stereocenters. The van der Waals surface area contributed by atoms with Crippen molar-refractivity contribution in [3.05, 3.63) is 11.4 Å². The lowest BCUT2D eigenvalue weighted by Gasteiger charge is -2.39. The molecule has 20 heavy (non-hydrogen) atoms. The Morgan fingerprint density at radius 1 is 1.25 bits per heavy atom. The van der Waals surface area contributed by atoms with Crippen LogP contribution in [0.4, 0.5) is 5.95 Å². The summed E-state index contributed by atoms with van der Waals surface area (Å²) < 4.78 is 0. The Balaban J connectivity index is 2.19. The summed E-state index contributed by atoms with van der Waals surface area (Å²) in [7, 11) is 0. The van der Waals surface area contributed by atoms with Gasteiger partial charge < -0.3 is 10.4 Å². The fraction of sp³-hybridized carbons (Fsp3) is 0.800. The standard InChI is InChI=1S/C15H26N4O/c1-4-12-13(5-2)18-19-14(16-12)17-15(10-20)8-6-7-11(3)9-15/h11,20H,4-10H2,1-3H3,(H,16,17,19). The Bertz CT molecular complexity index is 451. The van der Waals surface area contributed by atoms with Crippen molar-refractivity contribution in [1.29, 1.82) is 0 Å². The van der Waals surface area contributed by atoms with E-state index >= 15 is 0 Å². The second kappa shape index (κ2) is 6.48. The first-order valence-corrected chi connectivity index (χ1v) is 7.74. The number of aromatic nitrogens is 3. The van der Waals surface area contributed by atoms with E-state index in [1.165, 1.54) is 6.42 Å². The summed E-state index contributed by atoms with van der Waals surface area (Å²) in [6.07, 6.45) is 6.01. The fourth-order valence-electron chi connectivity index (χ4n) is 3.18. The van der Waals surface area contributed by atoms with E-state index in [-0.39, 0.29) is 12.1 Å². The molecule has 1 heterocycles. The van der Waals surface area contributed by atoms with Crippen molar-refractivity contribution in [3.63, 3.8) is 0 Å². The molecule has 1 aromatic rings. The van der Waals surface area contributed by atoms with Gasteiger partial charge in [0.1, 0.15) is 0 Å². The predicted molar refractivity (Wildman–Crippen MR) is 79.7 cm³/mol. The SMILES string of the molecule is CCc1nnc(NC2(CO)CCCC(C)C2)nc1CC. The molecular weight excluding hydrogens is 252 g/mol. The summed E-state index contributed by atoms with van der Waals surface area (Å²) in [6, 6.07) is 0. The highest BCUT2D eigenvalue weighted by atomic mass is 16.3. The van der Waals surface area contributed by atoms with Crippen molar-refractivity contribution in [1.82, 2.24) is 15.2 Å². The third-order valence-corrected chi connectivity index (χ3v) is 4.28. The van der Waals surface area contributed by atoms with E-state index in [0.29, 0.717) is 11.9 Å². The lowest BCUT2D eigenvalue weighted by molar-refractivity contribution is 0.149. The summed E-state index contributed by atoms with van der Waals surface area (Å²) in [5, 5.41) is 21.6. The first-order chi connectivity index (χ1) is 9.62. The minimum atomic E-state index is -0.280. The van der Waals surface area contributed by atoms with Gasteiger partial charge in [-0.1, -0.05) is 33.6 Å². The Morgan fingerprint density at radius 2 is 2.00 bits per heavy atom. The van der Waals surface area contributed by atoms with Crippen LogP contribution < -0.4 is 5.32 Å². The normalized spacial score (nSPS) is 26.5. The number of aryl methyl sites for hydroxylation is 2. The molecule has 0 aromatic carbocycles. The van der Waals surface area contributed by atoms with Crippen LogP contribution in [0.3, 0.4) is 0 Å². The zero-order valence-electron chi connectivity index (χ0n) is 12.8. The average Bonchev–Trinajstić information content (AvgIpc) is 2.47. The number of hydrogen-bond acceptors (Lipinski definition) is 5. The second-order valence-electron chi connectivity index (χ2n) is 6.00. The predicted octanol–water partition coefficient (Wildman–Crippen LogP) is 2.35. The molecule has 0 bridgehead atoms. The lowest BCUT2D eigenvalue weighted by Crippen LogP contribution is -2.46. The molecule has 5 heteroatoms. The van der Waals surface area contributed by atoms with Gasteiger partial charge in [0.05, 0.1) is 23.5 Å². The monoisotopic (exact) mass is 278 g/mol. The molecule has 112 valence electrons. The van der Waals surface area contributed by atoms with Crippen molar-refractivity contribution >= 4 is 5.95 Å². The van der Waals surface area contributed by atoms with Crippen molar-refractivity contribution in [3.8, 4) is 0 Å². The number of rotatable bonds is 5. The molecule has 0 amide bonds. The Kier molecular flexibility index (Phi) is 4.91. The van der Waals surface area contributed by atoms with Gasteiger partial charge in [0.25, 0.3) is 0 Å². The molecule has 5 nitrogen and oxygen atoms in total. The highest BCUT2D eigenvalue weighted by Gasteiger charge is 2.35. The second-order valence-corrected chi connectivity index (χ2v) is 6.00. The van der Waals surface area contributed by atoms with Gasteiger partial charge in [-0.25, -0.2) is 4.98 Å². The van der Waals surface area contributed by atoms with Crippen LogP contribution >= 0.6 is 0 Å². The number of hydrogen-bond donors (Lipinski definition) is 2. The molecule has 0 spiro atoms. The minimum Gasteiger partial charge on any atom is -0.394 e. The Morgan fingerprint density at radius 3 is 2.60 bits per heavy atom. The van der Waals surface area contributed by atoms with Gasteiger partial charge in [-0.3, -0.25) is 0 Å². The zero-order chi connectivity index (χ0) is 14.6. The van der Waals surface area contributed by atoms with Gasteiger partial charge >= 0.3 is 0 Å². The third-order valence-electron chi connectivity index (χ3n) is 4.28. The van der Waals surface area contributed by atoms with E-state index in [4.69, 9.17) is 0 Å². The molecule has 1 saturated carbocycles. The van der Waals surface area contributed by atoms with Crippen LogP contribution in [0.2, 0.25) is 0 Å². The molecule has 0 aliphatic heterocycles. The van der Waals surface area contributed by atoms with Crippen LogP contribution in [0.1, 0.15) is 57.8 Å². The summed E-state index contributed by atoms with van der Waals surface area (Å²) in [5.41, 5.74) is 1.69. The van der Waals surface area contributed by atoms with Crippen LogP contribution in [0.5, 0.6) is 0 Å². The quantitative estimate of drug-likeness (QED) is 0.865. The van der Waals surface area contributed by atoms with Gasteiger partial charge in [0, 0.05) is 0 Å². The van der Waals surface area contributed by atoms with Crippen LogP contribution in [0.15, 0.2) is 0 Å². The fourth-order valence-corrected chi connectivity index (χ4v) is 3.18. The maximum atomic E-state index is 9.81. The maximum Gasteiger partial charge on any atom is 0.243 e. The van der Waals surface area contributed by atoms with E-state index in [0.717, 1.165) is 43.5 Å². The highest BCUT2D eigenvalue weighted by Crippen LogP contribution is 2.34. The van der Waals surface area contributed by atoms with Gasteiger partial charge in [-0.05, 0) is 31.6 Å². The van der Waals surface area contributed by atoms with Crippen LogP contribution in [0, 0.1) is 5.92 Å². The first kappa shape index (κ1) is 15.2. The molecule has 2 unspecified atom stereocenters. The zero-order valence-corrected chi connectivity index (χ0v) is 12.8. The number of nitrogens with one attached hydrogen (secondary N) is 1. The highest BCUT2D eigenvalue weighted by molar-refractivity contribution is 5.31. The summed E-state index contributed by atoms with van der Waals surface area (Å²) >= 11 is 0. The Hall–Kier alpha value is -1.23. The third kappa shape index (κ3) is 3.26. The van der Waals surface area contributed by atoms with E-state index in [2.05, 4.69) is 41.3 Å². The van der Waals surface area contributed by atoms with Crippen molar-refractivity contribution < 1.29 is 5.11 Å². The van der Waals surface area contributed by atoms with Crippen LogP contribution in [-0.4, -0.2) is 32.4 Å². The summed E-state index contributed by atoms with van der Waals surface area (Å²) in [4.78, 5) is 4.58. The average molecular weight is 278 g/mol. The largest absolute Gasteiger partial charge is 0.394 e. The number of nitrogens with zero attached hydrogens (tertiary/aromatic N) is 3. The summed E-state index contributed by atoms with van der Waals surface area (Å²) in [5.74, 6) is 1.18. The molecule has 0 saturated heterocycles. The number of aliphatic hydroxyl groups excluding tert-OH is 1. The molecule has 1 aromatic heterocycles. The topological polar surface area (TPSA) is 70.9 Å². The smallest absolute Gasteiger partial charge is 0.243 e. The number of aliphatic hydroxyl groups is 1. The minimum absolute atomic E-state index is 0.123. The van der Waals surface area contributed by atoms with Gasteiger partial charge in [0.15, 0.2) is 0 Å². The molecule has 2 rings (SSSR count). The van der Waals surface area contributed by atoms with Crippen molar-refractivity contribution in [2.45, 2.75) is 64.8 Å². The van der Waals surface area contributed by atoms with Gasteiger partial charge in [-0.15, -0.1) is 5.10 Å². The van der Waals surface area contributed by atoms with Crippen molar-refractivity contribution in [2.24, 2.45) is 5.92 Å². The molecule has 2 N–H and O–H groups in total. The van der Waals surface area contributed by atoms with Crippen LogP contribution in [0.25, 0.3) is 0 Å². The van der Waals surface area contributed by atoms with E-state index in [9.17, 15) is 5.11 Å². The molecule has 1 fully saturated rings. The molecule has 1 aliphatic carbocycles. The van der Waals surface area contributed by atoms with Gasteiger partial charge in [-0.2, -0.15) is 5.10 Å². The van der Waals surface area contributed by atoms with E-state index in [1.54, 1.807) is 0 Å². The molecular formula is C15H26N4O. The van der Waals surface area contributed by atoms with Gasteiger partial charge in [0.2, 0.25) is 5.95 Å². The lowest BCUT2D eigenvalue weighted by atomic mass is 9.77. The van der Waals surface area contributed by atoms with Crippen molar-refractivity contribution in [2.75, 3.05) is 11.9 Å². The van der Waals surface area contributed by atoms with E-state index < -0.39 is 0 Å². The molecule has 1 aliphatic rings. The maximum absolute atomic E-state index is 9.81. The first-order valence-electron chi connectivity index (χ1n) is 7.74. The van der Waals surface area contributed by atoms with Crippen LogP contribution in [-0.2, 0) is 12.8 Å². The van der Waals surface area contributed by atoms with E-state index in [1.807, 2.05) is 0 Å². The summed E-state index contributed by atoms with van der Waals surface area (Å²) in [6.45, 7) is 6.51.